The first-order valence-electron chi connectivity index (χ1n) is 5.91. The molecule has 0 amide bonds. The van der Waals surface area contributed by atoms with E-state index in [1.807, 2.05) is 0 Å². The van der Waals surface area contributed by atoms with Crippen molar-refractivity contribution in [1.82, 2.24) is 0 Å². The summed E-state index contributed by atoms with van der Waals surface area (Å²) in [5, 5.41) is 2.57. The van der Waals surface area contributed by atoms with E-state index in [1.165, 1.54) is 10.8 Å². The summed E-state index contributed by atoms with van der Waals surface area (Å²) in [6, 6.07) is 14.6. The van der Waals surface area contributed by atoms with Crippen molar-refractivity contribution in [3.63, 3.8) is 0 Å². The van der Waals surface area contributed by atoms with Gasteiger partial charge in [0.15, 0.2) is 0 Å². The molecule has 2 aromatic rings. The van der Waals surface area contributed by atoms with Gasteiger partial charge in [-0.05, 0) is 29.8 Å². The molecule has 0 N–H and O–H groups in total. The highest BCUT2D eigenvalue weighted by Crippen LogP contribution is 2.18. The SMILES string of the molecule is Brc1ccc2ccccc2c1.CCOC(=O)CC=O. The van der Waals surface area contributed by atoms with Crippen LogP contribution in [0, 0.1) is 0 Å². The van der Waals surface area contributed by atoms with Crippen LogP contribution in [0.4, 0.5) is 0 Å². The van der Waals surface area contributed by atoms with Gasteiger partial charge in [0.1, 0.15) is 12.7 Å². The van der Waals surface area contributed by atoms with Crippen LogP contribution in [0.3, 0.4) is 0 Å². The van der Waals surface area contributed by atoms with E-state index in [-0.39, 0.29) is 6.42 Å². The van der Waals surface area contributed by atoms with Gasteiger partial charge in [-0.15, -0.1) is 0 Å². The molecule has 3 nitrogen and oxygen atoms in total. The van der Waals surface area contributed by atoms with Gasteiger partial charge in [-0.2, -0.15) is 0 Å². The number of esters is 1. The summed E-state index contributed by atoms with van der Waals surface area (Å²) in [6.45, 7) is 2.04. The van der Waals surface area contributed by atoms with E-state index in [1.54, 1.807) is 6.92 Å². The van der Waals surface area contributed by atoms with Crippen molar-refractivity contribution in [3.8, 4) is 0 Å². The van der Waals surface area contributed by atoms with E-state index in [0.717, 1.165) is 4.47 Å². The predicted molar refractivity (Wildman–Crippen MR) is 79.0 cm³/mol. The molecular formula is C15H15BrO3. The number of carbonyl (C=O) groups excluding carboxylic acids is 2. The lowest BCUT2D eigenvalue weighted by atomic mass is 10.1. The summed E-state index contributed by atoms with van der Waals surface area (Å²) in [5.74, 6) is -0.456. The quantitative estimate of drug-likeness (QED) is 0.491. The van der Waals surface area contributed by atoms with Gasteiger partial charge >= 0.3 is 5.97 Å². The fourth-order valence-electron chi connectivity index (χ4n) is 1.45. The van der Waals surface area contributed by atoms with Crippen LogP contribution in [0.1, 0.15) is 13.3 Å². The van der Waals surface area contributed by atoms with E-state index in [2.05, 4.69) is 63.1 Å². The Morgan fingerprint density at radius 2 is 1.89 bits per heavy atom. The third-order valence-corrected chi connectivity index (χ3v) is 2.76. The predicted octanol–water partition coefficient (Wildman–Crippen LogP) is 3.74. The topological polar surface area (TPSA) is 43.4 Å². The molecule has 0 spiro atoms. The Labute approximate surface area is 120 Å². The number of ether oxygens (including phenoxy) is 1. The van der Waals surface area contributed by atoms with Crippen LogP contribution in [-0.4, -0.2) is 18.9 Å². The molecule has 19 heavy (non-hydrogen) atoms. The summed E-state index contributed by atoms with van der Waals surface area (Å²) in [6.07, 6.45) is 0.395. The summed E-state index contributed by atoms with van der Waals surface area (Å²) in [5.41, 5.74) is 0. The van der Waals surface area contributed by atoms with Crippen LogP contribution in [-0.2, 0) is 14.3 Å². The Morgan fingerprint density at radius 1 is 1.21 bits per heavy atom. The molecule has 0 radical (unpaired) electrons. The first-order valence-corrected chi connectivity index (χ1v) is 6.70. The van der Waals surface area contributed by atoms with E-state index >= 15 is 0 Å². The van der Waals surface area contributed by atoms with Gasteiger partial charge in [-0.25, -0.2) is 0 Å². The van der Waals surface area contributed by atoms with Crippen molar-refractivity contribution in [2.45, 2.75) is 13.3 Å². The Morgan fingerprint density at radius 3 is 2.53 bits per heavy atom. The van der Waals surface area contributed by atoms with Crippen molar-refractivity contribution >= 4 is 39.0 Å². The largest absolute Gasteiger partial charge is 0.466 e. The van der Waals surface area contributed by atoms with Gasteiger partial charge in [-0.3, -0.25) is 4.79 Å². The lowest BCUT2D eigenvalue weighted by molar-refractivity contribution is -0.143. The molecule has 0 aliphatic carbocycles. The molecule has 0 unspecified atom stereocenters. The van der Waals surface area contributed by atoms with Gasteiger partial charge in [0.2, 0.25) is 0 Å². The number of hydrogen-bond acceptors (Lipinski definition) is 3. The van der Waals surface area contributed by atoms with E-state index in [9.17, 15) is 9.59 Å². The number of halogens is 1. The molecule has 100 valence electrons. The third kappa shape index (κ3) is 5.66. The molecule has 0 bridgehead atoms. The van der Waals surface area contributed by atoms with E-state index in [4.69, 9.17) is 0 Å². The minimum Gasteiger partial charge on any atom is -0.466 e. The van der Waals surface area contributed by atoms with Crippen LogP contribution in [0.5, 0.6) is 0 Å². The Kier molecular flexibility index (Phi) is 6.82. The van der Waals surface area contributed by atoms with Gasteiger partial charge in [0, 0.05) is 4.47 Å². The molecule has 0 aliphatic heterocycles. The van der Waals surface area contributed by atoms with Gasteiger partial charge in [0.05, 0.1) is 6.61 Å². The maximum Gasteiger partial charge on any atom is 0.312 e. The fourth-order valence-corrected chi connectivity index (χ4v) is 1.83. The molecule has 2 aromatic carbocycles. The fraction of sp³-hybridized carbons (Fsp3) is 0.200. The molecule has 0 saturated heterocycles. The van der Waals surface area contributed by atoms with Crippen LogP contribution in [0.15, 0.2) is 46.9 Å². The second-order valence-electron chi connectivity index (χ2n) is 3.67. The van der Waals surface area contributed by atoms with Gasteiger partial charge in [-0.1, -0.05) is 46.3 Å². The Balaban J connectivity index is 0.000000203. The number of hydrogen-bond donors (Lipinski definition) is 0. The highest BCUT2D eigenvalue weighted by Gasteiger charge is 1.96. The standard InChI is InChI=1S/C10H7Br.C5H8O3/c11-10-6-5-8-3-1-2-4-9(8)7-10;1-2-8-5(7)3-4-6/h1-7H;4H,2-3H2,1H3. The van der Waals surface area contributed by atoms with Crippen LogP contribution >= 0.6 is 15.9 Å². The van der Waals surface area contributed by atoms with Crippen molar-refractivity contribution in [3.05, 3.63) is 46.9 Å². The van der Waals surface area contributed by atoms with Crippen LogP contribution < -0.4 is 0 Å². The normalized spacial score (nSPS) is 9.37. The molecule has 2 rings (SSSR count). The maximum atomic E-state index is 10.2. The second kappa shape index (κ2) is 8.43. The summed E-state index contributed by atoms with van der Waals surface area (Å²) in [4.78, 5) is 19.8. The molecule has 4 heteroatoms. The number of benzene rings is 2. The molecule has 0 atom stereocenters. The molecule has 0 saturated carbocycles. The third-order valence-electron chi connectivity index (χ3n) is 2.27. The average Bonchev–Trinajstić information content (AvgIpc) is 2.40. The van der Waals surface area contributed by atoms with Crippen LogP contribution in [0.25, 0.3) is 10.8 Å². The molecular weight excluding hydrogens is 308 g/mol. The summed E-state index contributed by atoms with van der Waals surface area (Å²) >= 11 is 3.43. The highest BCUT2D eigenvalue weighted by atomic mass is 79.9. The first-order chi connectivity index (χ1) is 9.17. The molecule has 0 fully saturated rings. The smallest absolute Gasteiger partial charge is 0.312 e. The minimum absolute atomic E-state index is 0.131. The summed E-state index contributed by atoms with van der Waals surface area (Å²) in [7, 11) is 0. The van der Waals surface area contributed by atoms with Crippen molar-refractivity contribution in [1.29, 1.82) is 0 Å². The minimum atomic E-state index is -0.456. The van der Waals surface area contributed by atoms with Crippen molar-refractivity contribution in [2.24, 2.45) is 0 Å². The van der Waals surface area contributed by atoms with Gasteiger partial charge in [0.25, 0.3) is 0 Å². The maximum absolute atomic E-state index is 10.2. The molecule has 0 aromatic heterocycles. The van der Waals surface area contributed by atoms with Gasteiger partial charge < -0.3 is 9.53 Å². The number of rotatable bonds is 3. The van der Waals surface area contributed by atoms with Crippen molar-refractivity contribution in [2.75, 3.05) is 6.61 Å². The first kappa shape index (κ1) is 15.4. The average molecular weight is 323 g/mol. The van der Waals surface area contributed by atoms with E-state index in [0.29, 0.717) is 12.9 Å². The molecule has 0 heterocycles. The monoisotopic (exact) mass is 322 g/mol. The van der Waals surface area contributed by atoms with Crippen LogP contribution in [0.2, 0.25) is 0 Å². The lowest BCUT2D eigenvalue weighted by Crippen LogP contribution is -2.03. The second-order valence-corrected chi connectivity index (χ2v) is 4.58. The number of aldehydes is 1. The number of carbonyl (C=O) groups is 2. The Hall–Kier alpha value is -1.68. The zero-order valence-corrected chi connectivity index (χ0v) is 12.2. The highest BCUT2D eigenvalue weighted by molar-refractivity contribution is 9.10. The van der Waals surface area contributed by atoms with E-state index < -0.39 is 5.97 Å². The Bertz CT molecular complexity index is 552. The zero-order valence-electron chi connectivity index (χ0n) is 10.6. The number of fused-ring (bicyclic) bond motifs is 1. The summed E-state index contributed by atoms with van der Waals surface area (Å²) < 4.78 is 5.55. The zero-order chi connectivity index (χ0) is 14.1. The lowest BCUT2D eigenvalue weighted by Gasteiger charge is -1.95. The van der Waals surface area contributed by atoms with Crippen molar-refractivity contribution < 1.29 is 14.3 Å². The molecule has 0 aliphatic rings.